The summed E-state index contributed by atoms with van der Waals surface area (Å²) in [6.45, 7) is 0. The molecule has 0 radical (unpaired) electrons. The summed E-state index contributed by atoms with van der Waals surface area (Å²) in [5.74, 6) is -2.97. The monoisotopic (exact) mass is 692 g/mol. The van der Waals surface area contributed by atoms with E-state index in [9.17, 15) is 25.4 Å². The van der Waals surface area contributed by atoms with Crippen LogP contribution in [0.3, 0.4) is 0 Å². The highest BCUT2D eigenvalue weighted by atomic mass is 35.5. The molecule has 40 heavy (non-hydrogen) atoms. The second kappa shape index (κ2) is 14.1. The number of hydrogen-bond donors (Lipinski definition) is 0. The molecule has 2 unspecified atom stereocenters. The van der Waals surface area contributed by atoms with Gasteiger partial charge in [0.15, 0.2) is 15.7 Å². The molecule has 2 aromatic carbocycles. The second-order valence-corrected chi connectivity index (χ2v) is 15.5. The lowest BCUT2D eigenvalue weighted by atomic mass is 10.0. The molecule has 0 N–H and O–H groups in total. The van der Waals surface area contributed by atoms with E-state index >= 15 is 4.39 Å². The van der Waals surface area contributed by atoms with Crippen LogP contribution < -0.4 is 3.71 Å². The average Bonchev–Trinajstić information content (AvgIpc) is 2.90. The Labute approximate surface area is 254 Å². The fraction of sp³-hybridized carbons (Fsp3) is 0.292. The Morgan fingerprint density at radius 1 is 0.900 bits per heavy atom. The zero-order valence-corrected chi connectivity index (χ0v) is 25.9. The summed E-state index contributed by atoms with van der Waals surface area (Å²) in [7, 11) is -11.1. The van der Waals surface area contributed by atoms with Crippen molar-refractivity contribution in [2.75, 3.05) is 27.0 Å². The van der Waals surface area contributed by atoms with Gasteiger partial charge in [-0.3, -0.25) is 0 Å². The second-order valence-electron chi connectivity index (χ2n) is 8.26. The minimum atomic E-state index is -4.57. The lowest BCUT2D eigenvalue weighted by molar-refractivity contribution is 0.569. The number of aromatic nitrogens is 1. The molecule has 0 amide bonds. The van der Waals surface area contributed by atoms with Crippen molar-refractivity contribution in [3.05, 3.63) is 87.5 Å². The highest BCUT2D eigenvalue weighted by Gasteiger charge is 2.37. The SMILES string of the molecule is O=S(CCCCl)N(c1cc(C(c2cc(F)ccc2F)S(=O)(=O)c2ccc(Cl)cc2)c(Cl)cn1)S(=O)(=O)CCCCl. The van der Waals surface area contributed by atoms with Gasteiger partial charge in [-0.05, 0) is 66.9 Å². The van der Waals surface area contributed by atoms with Gasteiger partial charge in [0.1, 0.15) is 27.9 Å². The largest absolute Gasteiger partial charge is 0.247 e. The van der Waals surface area contributed by atoms with E-state index in [4.69, 9.17) is 46.4 Å². The molecule has 0 saturated heterocycles. The standard InChI is InChI=1S/C24H22Cl4F2N2O5S3/c25-9-1-11-38(33)32(39(34,35)12-2-10-26)23-14-19(21(28)15-31-23)24(20-13-17(29)5-8-22(20)30)40(36,37)18-6-3-16(27)4-7-18/h3-8,13-15,24H,1-2,9-12H2. The molecule has 1 heterocycles. The molecule has 1 aromatic heterocycles. The van der Waals surface area contributed by atoms with Gasteiger partial charge in [-0.25, -0.2) is 34.8 Å². The van der Waals surface area contributed by atoms with Crippen molar-refractivity contribution in [1.29, 1.82) is 0 Å². The van der Waals surface area contributed by atoms with Crippen molar-refractivity contribution in [2.24, 2.45) is 0 Å². The first-order valence-corrected chi connectivity index (χ1v) is 17.7. The van der Waals surface area contributed by atoms with Gasteiger partial charge in [0.25, 0.3) is 0 Å². The van der Waals surface area contributed by atoms with E-state index in [2.05, 4.69) is 4.98 Å². The first-order valence-electron chi connectivity index (χ1n) is 11.5. The summed E-state index contributed by atoms with van der Waals surface area (Å²) in [4.78, 5) is 3.71. The summed E-state index contributed by atoms with van der Waals surface area (Å²) in [5.41, 5.74) is -0.910. The van der Waals surface area contributed by atoms with Gasteiger partial charge in [-0.1, -0.05) is 23.2 Å². The molecular formula is C24H22Cl4F2N2O5S3. The van der Waals surface area contributed by atoms with Gasteiger partial charge in [0.2, 0.25) is 10.0 Å². The number of sulfonamides is 1. The minimum absolute atomic E-state index is 0.000932. The number of pyridine rings is 1. The molecule has 0 fully saturated rings. The van der Waals surface area contributed by atoms with Crippen molar-refractivity contribution in [3.8, 4) is 0 Å². The summed E-state index contributed by atoms with van der Waals surface area (Å²) >= 11 is 23.7. The molecule has 0 saturated carbocycles. The number of nitrogens with zero attached hydrogens (tertiary/aromatic N) is 2. The van der Waals surface area contributed by atoms with Crippen LogP contribution in [0.25, 0.3) is 0 Å². The van der Waals surface area contributed by atoms with Gasteiger partial charge in [-0.15, -0.1) is 23.2 Å². The van der Waals surface area contributed by atoms with Gasteiger partial charge in [-0.2, -0.15) is 3.71 Å². The first-order chi connectivity index (χ1) is 18.8. The Balaban J connectivity index is 2.31. The molecule has 0 aliphatic carbocycles. The third-order valence-electron chi connectivity index (χ3n) is 5.46. The van der Waals surface area contributed by atoms with Gasteiger partial charge in [0.05, 0.1) is 15.7 Å². The third-order valence-corrected chi connectivity index (χ3v) is 12.5. The first kappa shape index (κ1) is 33.0. The molecule has 0 aliphatic rings. The van der Waals surface area contributed by atoms with E-state index in [0.29, 0.717) is 9.78 Å². The van der Waals surface area contributed by atoms with Crippen LogP contribution >= 0.6 is 46.4 Å². The van der Waals surface area contributed by atoms with Crippen LogP contribution in [-0.4, -0.2) is 49.3 Å². The topological polar surface area (TPSA) is 101 Å². The molecule has 16 heteroatoms. The predicted molar refractivity (Wildman–Crippen MR) is 156 cm³/mol. The fourth-order valence-corrected chi connectivity index (χ4v) is 9.88. The molecular weight excluding hydrogens is 672 g/mol. The van der Waals surface area contributed by atoms with Gasteiger partial charge in [0, 0.05) is 34.3 Å². The van der Waals surface area contributed by atoms with Crippen molar-refractivity contribution in [2.45, 2.75) is 23.0 Å². The van der Waals surface area contributed by atoms with Crippen molar-refractivity contribution >= 4 is 83.1 Å². The molecule has 3 rings (SSSR count). The summed E-state index contributed by atoms with van der Waals surface area (Å²) in [6, 6.07) is 8.24. The Morgan fingerprint density at radius 3 is 2.17 bits per heavy atom. The number of halogens is 6. The number of hydrogen-bond acceptors (Lipinski definition) is 6. The lowest BCUT2D eigenvalue weighted by Gasteiger charge is -2.25. The van der Waals surface area contributed by atoms with Gasteiger partial charge >= 0.3 is 0 Å². The van der Waals surface area contributed by atoms with Crippen LogP contribution in [0.15, 0.2) is 59.6 Å². The average molecular weight is 694 g/mol. The van der Waals surface area contributed by atoms with Crippen molar-refractivity contribution in [3.63, 3.8) is 0 Å². The molecule has 7 nitrogen and oxygen atoms in total. The molecule has 218 valence electrons. The minimum Gasteiger partial charge on any atom is -0.236 e. The highest BCUT2D eigenvalue weighted by molar-refractivity contribution is 8.07. The summed E-state index contributed by atoms with van der Waals surface area (Å²) < 4.78 is 97.4. The molecule has 0 aliphatic heterocycles. The van der Waals surface area contributed by atoms with E-state index in [-0.39, 0.29) is 50.9 Å². The maximum Gasteiger partial charge on any atom is 0.247 e. The number of sulfone groups is 1. The molecule has 3 aromatic rings. The number of rotatable bonds is 13. The number of anilines is 1. The van der Waals surface area contributed by atoms with Crippen LogP contribution in [0.4, 0.5) is 14.6 Å². The Morgan fingerprint density at radius 2 is 1.55 bits per heavy atom. The third kappa shape index (κ3) is 7.64. The van der Waals surface area contributed by atoms with E-state index in [1.54, 1.807) is 0 Å². The van der Waals surface area contributed by atoms with Crippen molar-refractivity contribution < 1.29 is 29.8 Å². The van der Waals surface area contributed by atoms with Crippen molar-refractivity contribution in [1.82, 2.24) is 4.98 Å². The van der Waals surface area contributed by atoms with E-state index in [1.807, 2.05) is 0 Å². The Hall–Kier alpha value is -1.54. The van der Waals surface area contributed by atoms with Gasteiger partial charge < -0.3 is 0 Å². The fourth-order valence-electron chi connectivity index (χ4n) is 3.68. The van der Waals surface area contributed by atoms with E-state index < -0.39 is 64.9 Å². The Bertz CT molecular complexity index is 1590. The zero-order valence-electron chi connectivity index (χ0n) is 20.4. The smallest absolute Gasteiger partial charge is 0.236 e. The zero-order chi connectivity index (χ0) is 29.7. The van der Waals surface area contributed by atoms with Crippen LogP contribution in [-0.2, 0) is 30.8 Å². The summed E-state index contributed by atoms with van der Waals surface area (Å²) in [5, 5.41) is -2.02. The van der Waals surface area contributed by atoms with E-state index in [1.165, 1.54) is 24.3 Å². The lowest BCUT2D eigenvalue weighted by Crippen LogP contribution is -2.37. The van der Waals surface area contributed by atoms with Crippen LogP contribution in [0.5, 0.6) is 0 Å². The number of alkyl halides is 2. The van der Waals surface area contributed by atoms with E-state index in [0.717, 1.165) is 24.4 Å². The Kier molecular flexibility index (Phi) is 11.6. The predicted octanol–water partition coefficient (Wildman–Crippen LogP) is 6.29. The molecule has 2 atom stereocenters. The van der Waals surface area contributed by atoms with Crippen LogP contribution in [0, 0.1) is 11.6 Å². The highest BCUT2D eigenvalue weighted by Crippen LogP contribution is 2.41. The molecule has 0 bridgehead atoms. The van der Waals surface area contributed by atoms with Crippen LogP contribution in [0.2, 0.25) is 10.0 Å². The number of benzene rings is 2. The van der Waals surface area contributed by atoms with Crippen LogP contribution in [0.1, 0.15) is 29.2 Å². The summed E-state index contributed by atoms with van der Waals surface area (Å²) in [6.07, 6.45) is 1.17. The molecule has 0 spiro atoms. The maximum atomic E-state index is 15.1. The normalized spacial score (nSPS) is 13.7. The maximum absolute atomic E-state index is 15.1. The quantitative estimate of drug-likeness (QED) is 0.195.